The summed E-state index contributed by atoms with van der Waals surface area (Å²) < 4.78 is 10.1. The minimum atomic E-state index is -0.0370. The van der Waals surface area contributed by atoms with Crippen LogP contribution in [0.2, 0.25) is 0 Å². The average molecular weight is 257 g/mol. The molecular weight excluding hydrogens is 226 g/mol. The van der Waals surface area contributed by atoms with Crippen LogP contribution in [0.25, 0.3) is 0 Å². The maximum absolute atomic E-state index is 5.06. The van der Waals surface area contributed by atoms with Gasteiger partial charge in [-0.3, -0.25) is 0 Å². The summed E-state index contributed by atoms with van der Waals surface area (Å²) in [6.45, 7) is 8.53. The second kappa shape index (κ2) is 9.76. The number of hydrogen-bond donors (Lipinski definition) is 1. The van der Waals surface area contributed by atoms with Gasteiger partial charge in [0, 0.05) is 19.3 Å². The van der Waals surface area contributed by atoms with Crippen molar-refractivity contribution in [1.82, 2.24) is 5.32 Å². The van der Waals surface area contributed by atoms with Gasteiger partial charge in [-0.15, -0.1) is 0 Å². The second-order valence-electron chi connectivity index (χ2n) is 5.23. The van der Waals surface area contributed by atoms with Gasteiger partial charge in [0.1, 0.15) is 0 Å². The first-order chi connectivity index (χ1) is 8.77. The second-order valence-corrected chi connectivity index (χ2v) is 5.23. The Bertz CT molecular complexity index is 167. The molecule has 0 aromatic heterocycles. The summed E-state index contributed by atoms with van der Waals surface area (Å²) in [7, 11) is 0. The molecule has 1 aliphatic heterocycles. The zero-order valence-corrected chi connectivity index (χ0v) is 12.4. The van der Waals surface area contributed by atoms with Crippen LogP contribution in [0.15, 0.2) is 0 Å². The Balaban J connectivity index is 0.000000187. The molecule has 0 aromatic carbocycles. The summed E-state index contributed by atoms with van der Waals surface area (Å²) in [4.78, 5) is 0. The van der Waals surface area contributed by atoms with E-state index in [0.29, 0.717) is 0 Å². The smallest absolute Gasteiger partial charge is 0.154 e. The van der Waals surface area contributed by atoms with E-state index < -0.39 is 0 Å². The summed E-state index contributed by atoms with van der Waals surface area (Å²) in [5, 5.41) is 3.62. The molecule has 0 amide bonds. The van der Waals surface area contributed by atoms with E-state index in [2.05, 4.69) is 5.32 Å². The molecule has 1 saturated heterocycles. The van der Waals surface area contributed by atoms with Gasteiger partial charge in [-0.05, 0) is 58.9 Å². The van der Waals surface area contributed by atoms with Crippen LogP contribution in [0.3, 0.4) is 0 Å². The lowest BCUT2D eigenvalue weighted by molar-refractivity contribution is -0.123. The van der Waals surface area contributed by atoms with Gasteiger partial charge in [0.15, 0.2) is 6.29 Å². The van der Waals surface area contributed by atoms with E-state index in [1.807, 2.05) is 20.8 Å². The lowest BCUT2D eigenvalue weighted by Crippen LogP contribution is -2.42. The Kier molecular flexibility index (Phi) is 8.64. The monoisotopic (exact) mass is 257 g/mol. The first-order valence-electron chi connectivity index (χ1n) is 7.74. The van der Waals surface area contributed by atoms with E-state index in [1.54, 1.807) is 0 Å². The quantitative estimate of drug-likeness (QED) is 0.784. The third kappa shape index (κ3) is 6.17. The normalized spacial score (nSPS) is 27.3. The molecule has 108 valence electrons. The van der Waals surface area contributed by atoms with Crippen molar-refractivity contribution in [2.45, 2.75) is 71.6 Å². The van der Waals surface area contributed by atoms with Crippen LogP contribution in [-0.2, 0) is 9.47 Å². The number of nitrogens with one attached hydrogen (secondary N) is 1. The van der Waals surface area contributed by atoms with Gasteiger partial charge in [0.25, 0.3) is 0 Å². The maximum atomic E-state index is 5.06. The highest BCUT2D eigenvalue weighted by molar-refractivity contribution is 4.84. The van der Waals surface area contributed by atoms with Crippen molar-refractivity contribution in [3.05, 3.63) is 0 Å². The molecule has 0 aromatic rings. The molecule has 1 heterocycles. The van der Waals surface area contributed by atoms with Crippen LogP contribution < -0.4 is 5.32 Å². The lowest BCUT2D eigenvalue weighted by atomic mass is 9.80. The number of fused-ring (bicyclic) bond motifs is 1. The fourth-order valence-electron chi connectivity index (χ4n) is 2.99. The number of ether oxygens (including phenoxy) is 2. The molecule has 1 aliphatic carbocycles. The van der Waals surface area contributed by atoms with Crippen molar-refractivity contribution in [3.63, 3.8) is 0 Å². The van der Waals surface area contributed by atoms with Crippen molar-refractivity contribution in [1.29, 1.82) is 0 Å². The summed E-state index contributed by atoms with van der Waals surface area (Å²) >= 11 is 0. The minimum absolute atomic E-state index is 0.0370. The Hall–Kier alpha value is -0.120. The van der Waals surface area contributed by atoms with E-state index in [-0.39, 0.29) is 6.29 Å². The summed E-state index contributed by atoms with van der Waals surface area (Å²) in [5.74, 6) is 1.04. The predicted molar refractivity (Wildman–Crippen MR) is 75.7 cm³/mol. The van der Waals surface area contributed by atoms with Crippen LogP contribution in [0.4, 0.5) is 0 Å². The van der Waals surface area contributed by atoms with Crippen LogP contribution in [0, 0.1) is 5.92 Å². The number of hydrogen-bond acceptors (Lipinski definition) is 3. The van der Waals surface area contributed by atoms with Crippen LogP contribution >= 0.6 is 0 Å². The molecule has 0 spiro atoms. The SMILES string of the molecule is C1CCC2NCCCC2C1.CCOC(C)OCC. The van der Waals surface area contributed by atoms with Crippen molar-refractivity contribution in [2.75, 3.05) is 19.8 Å². The zero-order valence-electron chi connectivity index (χ0n) is 12.4. The summed E-state index contributed by atoms with van der Waals surface area (Å²) in [5.41, 5.74) is 0. The van der Waals surface area contributed by atoms with Crippen LogP contribution in [0.1, 0.15) is 59.3 Å². The minimum Gasteiger partial charge on any atom is -0.353 e. The highest BCUT2D eigenvalue weighted by atomic mass is 16.7. The van der Waals surface area contributed by atoms with Crippen molar-refractivity contribution in [2.24, 2.45) is 5.92 Å². The van der Waals surface area contributed by atoms with Gasteiger partial charge in [0.05, 0.1) is 0 Å². The van der Waals surface area contributed by atoms with Gasteiger partial charge in [-0.25, -0.2) is 0 Å². The molecule has 2 aliphatic rings. The Labute approximate surface area is 113 Å². The molecule has 2 rings (SSSR count). The van der Waals surface area contributed by atoms with E-state index in [1.165, 1.54) is 45.1 Å². The molecule has 2 unspecified atom stereocenters. The number of piperidine rings is 1. The molecule has 0 radical (unpaired) electrons. The molecule has 2 atom stereocenters. The van der Waals surface area contributed by atoms with Crippen LogP contribution in [0.5, 0.6) is 0 Å². The van der Waals surface area contributed by atoms with E-state index in [0.717, 1.165) is 25.2 Å². The molecule has 1 N–H and O–H groups in total. The highest BCUT2D eigenvalue weighted by Gasteiger charge is 2.26. The molecule has 3 heteroatoms. The molecule has 3 nitrogen and oxygen atoms in total. The Morgan fingerprint density at radius 2 is 1.61 bits per heavy atom. The van der Waals surface area contributed by atoms with E-state index >= 15 is 0 Å². The average Bonchev–Trinajstić information content (AvgIpc) is 2.40. The van der Waals surface area contributed by atoms with Crippen molar-refractivity contribution >= 4 is 0 Å². The van der Waals surface area contributed by atoms with Gasteiger partial charge < -0.3 is 14.8 Å². The zero-order chi connectivity index (χ0) is 13.2. The Morgan fingerprint density at radius 1 is 1.00 bits per heavy atom. The lowest BCUT2D eigenvalue weighted by Gasteiger charge is -2.36. The molecule has 2 fully saturated rings. The third-order valence-electron chi connectivity index (χ3n) is 3.87. The third-order valence-corrected chi connectivity index (χ3v) is 3.87. The standard InChI is InChI=1S/C9H17N.C6H14O2/c1-2-6-9-8(4-1)5-3-7-10-9;1-4-7-6(3)8-5-2/h8-10H,1-7H2;6H,4-5H2,1-3H3. The first kappa shape index (κ1) is 15.9. The molecule has 0 bridgehead atoms. The fourth-order valence-corrected chi connectivity index (χ4v) is 2.99. The van der Waals surface area contributed by atoms with Gasteiger partial charge in [0.2, 0.25) is 0 Å². The van der Waals surface area contributed by atoms with Gasteiger partial charge in [-0.1, -0.05) is 12.8 Å². The molecule has 18 heavy (non-hydrogen) atoms. The van der Waals surface area contributed by atoms with Crippen molar-refractivity contribution < 1.29 is 9.47 Å². The van der Waals surface area contributed by atoms with Gasteiger partial charge in [-0.2, -0.15) is 0 Å². The van der Waals surface area contributed by atoms with Gasteiger partial charge >= 0.3 is 0 Å². The van der Waals surface area contributed by atoms with Crippen LogP contribution in [-0.4, -0.2) is 32.1 Å². The molecule has 1 saturated carbocycles. The van der Waals surface area contributed by atoms with E-state index in [9.17, 15) is 0 Å². The van der Waals surface area contributed by atoms with Crippen molar-refractivity contribution in [3.8, 4) is 0 Å². The Morgan fingerprint density at radius 3 is 2.22 bits per heavy atom. The number of rotatable bonds is 4. The summed E-state index contributed by atoms with van der Waals surface area (Å²) in [6.07, 6.45) is 8.78. The summed E-state index contributed by atoms with van der Waals surface area (Å²) in [6, 6.07) is 0.905. The largest absolute Gasteiger partial charge is 0.353 e. The fraction of sp³-hybridized carbons (Fsp3) is 1.00. The molecular formula is C15H31NO2. The maximum Gasteiger partial charge on any atom is 0.154 e. The predicted octanol–water partition coefficient (Wildman–Crippen LogP) is 3.33. The highest BCUT2D eigenvalue weighted by Crippen LogP contribution is 2.30. The topological polar surface area (TPSA) is 30.5 Å². The van der Waals surface area contributed by atoms with E-state index in [4.69, 9.17) is 9.47 Å². The first-order valence-corrected chi connectivity index (χ1v) is 7.74.